The van der Waals surface area contributed by atoms with Crippen molar-refractivity contribution in [3.05, 3.63) is 36.5 Å². The van der Waals surface area contributed by atoms with E-state index in [4.69, 9.17) is 0 Å². The number of amides is 1. The largest absolute Gasteiger partial charge is 0.356 e. The first-order valence-corrected chi connectivity index (χ1v) is 8.63. The van der Waals surface area contributed by atoms with E-state index in [1.807, 2.05) is 0 Å². The Hall–Kier alpha value is -3.17. The SMILES string of the molecule is CC[C@@](C)(Nc1ccnc(-c2c[nH]c3ncc(F)cc23)n1)C(=O)NCC(F)F. The summed E-state index contributed by atoms with van der Waals surface area (Å²) in [5, 5.41) is 5.72. The summed E-state index contributed by atoms with van der Waals surface area (Å²) in [6.07, 6.45) is 1.91. The summed E-state index contributed by atoms with van der Waals surface area (Å²) in [5.74, 6) is -0.416. The van der Waals surface area contributed by atoms with Gasteiger partial charge in [0.2, 0.25) is 5.91 Å². The van der Waals surface area contributed by atoms with E-state index in [2.05, 4.69) is 30.6 Å². The molecule has 3 N–H and O–H groups in total. The number of carbonyl (C=O) groups is 1. The number of nitrogens with one attached hydrogen (secondary N) is 3. The first kappa shape index (κ1) is 19.6. The summed E-state index contributed by atoms with van der Waals surface area (Å²) < 4.78 is 38.3. The van der Waals surface area contributed by atoms with Gasteiger partial charge < -0.3 is 15.6 Å². The number of alkyl halides is 2. The van der Waals surface area contributed by atoms with Crippen LogP contribution < -0.4 is 10.6 Å². The molecule has 7 nitrogen and oxygen atoms in total. The fourth-order valence-electron chi connectivity index (χ4n) is 2.67. The third-order valence-electron chi connectivity index (χ3n) is 4.42. The van der Waals surface area contributed by atoms with Crippen LogP contribution in [0.4, 0.5) is 19.0 Å². The molecule has 3 aromatic rings. The Morgan fingerprint density at radius 2 is 2.14 bits per heavy atom. The normalized spacial score (nSPS) is 13.5. The van der Waals surface area contributed by atoms with Crippen LogP contribution in [0.25, 0.3) is 22.4 Å². The van der Waals surface area contributed by atoms with Crippen LogP contribution in [0.3, 0.4) is 0 Å². The number of fused-ring (bicyclic) bond motifs is 1. The van der Waals surface area contributed by atoms with Gasteiger partial charge in [0, 0.05) is 23.3 Å². The predicted molar refractivity (Wildman–Crippen MR) is 98.4 cm³/mol. The van der Waals surface area contributed by atoms with Gasteiger partial charge in [0.1, 0.15) is 22.8 Å². The topological polar surface area (TPSA) is 95.6 Å². The lowest BCUT2D eigenvalue weighted by Crippen LogP contribution is -2.51. The number of rotatable bonds is 7. The molecule has 0 unspecified atom stereocenters. The number of aromatic amines is 1. The number of hydrogen-bond donors (Lipinski definition) is 3. The summed E-state index contributed by atoms with van der Waals surface area (Å²) in [6, 6.07) is 2.89. The average Bonchev–Trinajstić information content (AvgIpc) is 3.09. The van der Waals surface area contributed by atoms with E-state index in [9.17, 15) is 18.0 Å². The Bertz CT molecular complexity index is 992. The molecule has 28 heavy (non-hydrogen) atoms. The molecule has 0 aliphatic heterocycles. The van der Waals surface area contributed by atoms with Gasteiger partial charge in [-0.25, -0.2) is 28.1 Å². The minimum atomic E-state index is -2.63. The number of anilines is 1. The van der Waals surface area contributed by atoms with E-state index in [1.165, 1.54) is 12.3 Å². The Morgan fingerprint density at radius 3 is 2.86 bits per heavy atom. The molecule has 10 heteroatoms. The lowest BCUT2D eigenvalue weighted by atomic mass is 9.97. The second kappa shape index (κ2) is 7.83. The van der Waals surface area contributed by atoms with Crippen molar-refractivity contribution in [3.8, 4) is 11.4 Å². The number of pyridine rings is 1. The highest BCUT2D eigenvalue weighted by atomic mass is 19.3. The standard InChI is InChI=1S/C18H19F3N6O/c1-3-18(2,17(28)25-9-13(20)21)27-14-4-5-22-16(26-14)12-8-24-15-11(12)6-10(19)7-23-15/h4-8,13H,3,9H2,1-2H3,(H,23,24)(H,25,28)(H,22,26,27)/t18-/m1/s1. The van der Waals surface area contributed by atoms with Gasteiger partial charge in [-0.2, -0.15) is 0 Å². The van der Waals surface area contributed by atoms with Crippen LogP contribution in [-0.2, 0) is 4.79 Å². The molecule has 1 atom stereocenters. The van der Waals surface area contributed by atoms with Gasteiger partial charge in [-0.15, -0.1) is 0 Å². The Labute approximate surface area is 158 Å². The Balaban J connectivity index is 1.88. The minimum absolute atomic E-state index is 0.301. The summed E-state index contributed by atoms with van der Waals surface area (Å²) >= 11 is 0. The highest BCUT2D eigenvalue weighted by Crippen LogP contribution is 2.27. The molecular formula is C18H19F3N6O. The maximum absolute atomic E-state index is 13.5. The molecule has 0 fully saturated rings. The van der Waals surface area contributed by atoms with Crippen LogP contribution >= 0.6 is 0 Å². The van der Waals surface area contributed by atoms with Gasteiger partial charge >= 0.3 is 0 Å². The second-order valence-electron chi connectivity index (χ2n) is 6.43. The van der Waals surface area contributed by atoms with Crippen molar-refractivity contribution in [3.63, 3.8) is 0 Å². The number of nitrogens with zero attached hydrogens (tertiary/aromatic N) is 3. The molecule has 3 rings (SSSR count). The molecule has 0 saturated carbocycles. The predicted octanol–water partition coefficient (Wildman–Crippen LogP) is 3.12. The number of aromatic nitrogens is 4. The zero-order chi connectivity index (χ0) is 20.3. The first-order valence-electron chi connectivity index (χ1n) is 8.63. The average molecular weight is 392 g/mol. The Morgan fingerprint density at radius 1 is 1.36 bits per heavy atom. The van der Waals surface area contributed by atoms with Crippen LogP contribution in [-0.4, -0.2) is 44.4 Å². The van der Waals surface area contributed by atoms with E-state index in [0.29, 0.717) is 34.7 Å². The van der Waals surface area contributed by atoms with Crippen LogP contribution in [0.15, 0.2) is 30.7 Å². The third-order valence-corrected chi connectivity index (χ3v) is 4.42. The van der Waals surface area contributed by atoms with Crippen LogP contribution in [0.2, 0.25) is 0 Å². The number of halogens is 3. The van der Waals surface area contributed by atoms with Crippen molar-refractivity contribution >= 4 is 22.8 Å². The fourth-order valence-corrected chi connectivity index (χ4v) is 2.67. The van der Waals surface area contributed by atoms with Crippen LogP contribution in [0.1, 0.15) is 20.3 Å². The van der Waals surface area contributed by atoms with E-state index in [-0.39, 0.29) is 0 Å². The lowest BCUT2D eigenvalue weighted by Gasteiger charge is -2.29. The van der Waals surface area contributed by atoms with E-state index in [1.54, 1.807) is 26.1 Å². The maximum Gasteiger partial charge on any atom is 0.255 e. The van der Waals surface area contributed by atoms with Crippen molar-refractivity contribution in [2.75, 3.05) is 11.9 Å². The molecule has 0 aromatic carbocycles. The molecule has 3 heterocycles. The summed E-state index contributed by atoms with van der Waals surface area (Å²) in [5.41, 5.74) is -0.108. The quantitative estimate of drug-likeness (QED) is 0.574. The molecule has 0 spiro atoms. The van der Waals surface area contributed by atoms with E-state index < -0.39 is 30.2 Å². The second-order valence-corrected chi connectivity index (χ2v) is 6.43. The van der Waals surface area contributed by atoms with E-state index >= 15 is 0 Å². The minimum Gasteiger partial charge on any atom is -0.356 e. The number of hydrogen-bond acceptors (Lipinski definition) is 5. The van der Waals surface area contributed by atoms with Crippen molar-refractivity contribution in [2.45, 2.75) is 32.2 Å². The number of H-pyrrole nitrogens is 1. The van der Waals surface area contributed by atoms with Crippen LogP contribution in [0.5, 0.6) is 0 Å². The van der Waals surface area contributed by atoms with Gasteiger partial charge in [0.25, 0.3) is 6.43 Å². The maximum atomic E-state index is 13.5. The summed E-state index contributed by atoms with van der Waals surface area (Å²) in [7, 11) is 0. The molecule has 0 radical (unpaired) electrons. The molecular weight excluding hydrogens is 373 g/mol. The lowest BCUT2D eigenvalue weighted by molar-refractivity contribution is -0.125. The molecule has 0 aliphatic carbocycles. The van der Waals surface area contributed by atoms with Gasteiger partial charge in [-0.05, 0) is 25.5 Å². The van der Waals surface area contributed by atoms with Crippen molar-refractivity contribution in [1.29, 1.82) is 0 Å². The van der Waals surface area contributed by atoms with Crippen molar-refractivity contribution < 1.29 is 18.0 Å². The summed E-state index contributed by atoms with van der Waals surface area (Å²) in [6.45, 7) is 2.63. The van der Waals surface area contributed by atoms with Gasteiger partial charge in [0.15, 0.2) is 5.82 Å². The fraction of sp³-hybridized carbons (Fsp3) is 0.333. The van der Waals surface area contributed by atoms with Crippen molar-refractivity contribution in [1.82, 2.24) is 25.3 Å². The van der Waals surface area contributed by atoms with Gasteiger partial charge in [0.05, 0.1) is 12.7 Å². The van der Waals surface area contributed by atoms with Crippen LogP contribution in [0, 0.1) is 5.82 Å². The molecule has 148 valence electrons. The zero-order valence-electron chi connectivity index (χ0n) is 15.3. The van der Waals surface area contributed by atoms with E-state index in [0.717, 1.165) is 6.20 Å². The molecule has 0 aliphatic rings. The smallest absolute Gasteiger partial charge is 0.255 e. The monoisotopic (exact) mass is 392 g/mol. The highest BCUT2D eigenvalue weighted by Gasteiger charge is 2.32. The molecule has 0 saturated heterocycles. The molecule has 1 amide bonds. The highest BCUT2D eigenvalue weighted by molar-refractivity contribution is 5.92. The zero-order valence-corrected chi connectivity index (χ0v) is 15.3. The third kappa shape index (κ3) is 4.05. The van der Waals surface area contributed by atoms with Crippen molar-refractivity contribution in [2.24, 2.45) is 0 Å². The van der Waals surface area contributed by atoms with Gasteiger partial charge in [-0.3, -0.25) is 4.79 Å². The molecule has 0 bridgehead atoms. The number of carbonyl (C=O) groups excluding carboxylic acids is 1. The first-order chi connectivity index (χ1) is 13.3. The van der Waals surface area contributed by atoms with Gasteiger partial charge in [-0.1, -0.05) is 6.92 Å². The molecule has 3 aromatic heterocycles. The Kier molecular flexibility index (Phi) is 5.48. The summed E-state index contributed by atoms with van der Waals surface area (Å²) in [4.78, 5) is 27.8.